The molecule has 1 aliphatic heterocycles. The number of aryl methyl sites for hydroxylation is 2. The highest BCUT2D eigenvalue weighted by Gasteiger charge is 2.17. The SMILES string of the molecule is NC(=Nc1ccc2c(=O)n(CCc3ccc(Cl)cc3Cl)cnc2c1)N1CCc2ccccc2C1. The molecule has 0 saturated carbocycles. The lowest BCUT2D eigenvalue weighted by Crippen LogP contribution is -2.40. The zero-order valence-electron chi connectivity index (χ0n) is 18.4. The second-order valence-corrected chi connectivity index (χ2v) is 9.18. The van der Waals surface area contributed by atoms with Crippen LogP contribution >= 0.6 is 23.2 Å². The van der Waals surface area contributed by atoms with Gasteiger partial charge in [0.1, 0.15) is 0 Å². The molecule has 0 amide bonds. The Morgan fingerprint density at radius 2 is 1.88 bits per heavy atom. The fourth-order valence-electron chi connectivity index (χ4n) is 4.24. The van der Waals surface area contributed by atoms with Gasteiger partial charge in [0.25, 0.3) is 5.56 Å². The fourth-order valence-corrected chi connectivity index (χ4v) is 4.74. The summed E-state index contributed by atoms with van der Waals surface area (Å²) in [6.07, 6.45) is 3.10. The number of aromatic nitrogens is 2. The Morgan fingerprint density at radius 3 is 2.71 bits per heavy atom. The predicted molar refractivity (Wildman–Crippen MR) is 138 cm³/mol. The summed E-state index contributed by atoms with van der Waals surface area (Å²) in [5, 5.41) is 1.71. The van der Waals surface area contributed by atoms with Gasteiger partial charge in [-0.3, -0.25) is 9.36 Å². The lowest BCUT2D eigenvalue weighted by molar-refractivity contribution is 0.390. The zero-order chi connectivity index (χ0) is 23.7. The average Bonchev–Trinajstić information content (AvgIpc) is 2.84. The molecule has 0 radical (unpaired) electrons. The van der Waals surface area contributed by atoms with Crippen LogP contribution in [0.15, 0.2) is 76.8 Å². The van der Waals surface area contributed by atoms with Crippen LogP contribution in [0.4, 0.5) is 5.69 Å². The highest BCUT2D eigenvalue weighted by molar-refractivity contribution is 6.35. The molecule has 172 valence electrons. The van der Waals surface area contributed by atoms with Crippen LogP contribution in [-0.2, 0) is 25.9 Å². The monoisotopic (exact) mass is 491 g/mol. The molecule has 8 heteroatoms. The molecule has 0 aliphatic carbocycles. The number of guanidine groups is 1. The van der Waals surface area contributed by atoms with E-state index in [0.717, 1.165) is 25.1 Å². The molecular weight excluding hydrogens is 469 g/mol. The Morgan fingerprint density at radius 1 is 1.06 bits per heavy atom. The van der Waals surface area contributed by atoms with Gasteiger partial charge < -0.3 is 10.6 Å². The third-order valence-corrected chi connectivity index (χ3v) is 6.73. The summed E-state index contributed by atoms with van der Waals surface area (Å²) < 4.78 is 1.59. The van der Waals surface area contributed by atoms with Crippen LogP contribution in [0.25, 0.3) is 10.9 Å². The van der Waals surface area contributed by atoms with E-state index in [4.69, 9.17) is 28.9 Å². The van der Waals surface area contributed by atoms with Gasteiger partial charge in [-0.15, -0.1) is 0 Å². The lowest BCUT2D eigenvalue weighted by atomic mass is 10.0. The van der Waals surface area contributed by atoms with Crippen LogP contribution in [0.2, 0.25) is 10.0 Å². The first-order valence-corrected chi connectivity index (χ1v) is 11.8. The van der Waals surface area contributed by atoms with Crippen LogP contribution in [0.5, 0.6) is 0 Å². The van der Waals surface area contributed by atoms with Gasteiger partial charge in [0.2, 0.25) is 0 Å². The molecule has 34 heavy (non-hydrogen) atoms. The minimum absolute atomic E-state index is 0.105. The maximum Gasteiger partial charge on any atom is 0.261 e. The molecular formula is C26H23Cl2N5O. The molecule has 2 N–H and O–H groups in total. The van der Waals surface area contributed by atoms with Crippen LogP contribution in [0.3, 0.4) is 0 Å². The van der Waals surface area contributed by atoms with E-state index in [1.165, 1.54) is 11.1 Å². The third kappa shape index (κ3) is 4.65. The summed E-state index contributed by atoms with van der Waals surface area (Å²) in [6.45, 7) is 2.02. The van der Waals surface area contributed by atoms with E-state index < -0.39 is 0 Å². The largest absolute Gasteiger partial charge is 0.369 e. The molecule has 0 spiro atoms. The van der Waals surface area contributed by atoms with Crippen LogP contribution in [0, 0.1) is 0 Å². The molecule has 2 heterocycles. The molecule has 1 aliphatic rings. The molecule has 0 atom stereocenters. The highest BCUT2D eigenvalue weighted by Crippen LogP contribution is 2.23. The fraction of sp³-hybridized carbons (Fsp3) is 0.192. The van der Waals surface area contributed by atoms with Crippen molar-refractivity contribution in [2.45, 2.75) is 25.9 Å². The van der Waals surface area contributed by atoms with Gasteiger partial charge in [0, 0.05) is 29.7 Å². The lowest BCUT2D eigenvalue weighted by Gasteiger charge is -2.29. The van der Waals surface area contributed by atoms with Crippen molar-refractivity contribution in [2.75, 3.05) is 6.54 Å². The van der Waals surface area contributed by atoms with Crippen molar-refractivity contribution in [1.29, 1.82) is 0 Å². The van der Waals surface area contributed by atoms with Crippen LogP contribution in [-0.4, -0.2) is 27.0 Å². The second-order valence-electron chi connectivity index (χ2n) is 8.34. The minimum atomic E-state index is -0.105. The van der Waals surface area contributed by atoms with Crippen LogP contribution < -0.4 is 11.3 Å². The Kier molecular flexibility index (Phi) is 6.26. The summed E-state index contributed by atoms with van der Waals surface area (Å²) in [5.41, 5.74) is 11.0. The molecule has 0 bridgehead atoms. The maximum absolute atomic E-state index is 13.0. The van der Waals surface area contributed by atoms with Crippen molar-refractivity contribution in [3.8, 4) is 0 Å². The molecule has 5 rings (SSSR count). The van der Waals surface area contributed by atoms with E-state index in [9.17, 15) is 4.79 Å². The number of hydrogen-bond acceptors (Lipinski definition) is 3. The van der Waals surface area contributed by atoms with Gasteiger partial charge in [-0.1, -0.05) is 53.5 Å². The van der Waals surface area contributed by atoms with Crippen molar-refractivity contribution in [3.05, 3.63) is 104 Å². The van der Waals surface area contributed by atoms with Gasteiger partial charge in [0.15, 0.2) is 5.96 Å². The zero-order valence-corrected chi connectivity index (χ0v) is 19.9. The number of aliphatic imine (C=N–C) groups is 1. The number of fused-ring (bicyclic) bond motifs is 2. The van der Waals surface area contributed by atoms with E-state index in [1.807, 2.05) is 12.1 Å². The van der Waals surface area contributed by atoms with E-state index in [1.54, 1.807) is 41.2 Å². The molecule has 3 aromatic carbocycles. The Bertz CT molecular complexity index is 1460. The number of hydrogen-bond donors (Lipinski definition) is 1. The number of nitrogens with zero attached hydrogens (tertiary/aromatic N) is 4. The van der Waals surface area contributed by atoms with Crippen LogP contribution in [0.1, 0.15) is 16.7 Å². The standard InChI is InChI=1S/C26H23Cl2N5O/c27-20-6-5-18(23(28)13-20)10-12-33-16-30-24-14-21(7-8-22(24)25(33)34)31-26(29)32-11-9-17-3-1-2-4-19(17)15-32/h1-8,13-14,16H,9-12,15H2,(H2,29,31). The van der Waals surface area contributed by atoms with Gasteiger partial charge in [0.05, 0.1) is 22.9 Å². The van der Waals surface area contributed by atoms with E-state index in [-0.39, 0.29) is 5.56 Å². The molecule has 1 aromatic heterocycles. The van der Waals surface area contributed by atoms with E-state index in [0.29, 0.717) is 45.6 Å². The highest BCUT2D eigenvalue weighted by atomic mass is 35.5. The third-order valence-electron chi connectivity index (χ3n) is 6.14. The Hall–Kier alpha value is -3.35. The average molecular weight is 492 g/mol. The van der Waals surface area contributed by atoms with Gasteiger partial charge >= 0.3 is 0 Å². The summed E-state index contributed by atoms with van der Waals surface area (Å²) >= 11 is 12.2. The summed E-state index contributed by atoms with van der Waals surface area (Å²) in [5.74, 6) is 0.460. The normalized spacial score (nSPS) is 13.8. The van der Waals surface area contributed by atoms with Gasteiger partial charge in [-0.2, -0.15) is 0 Å². The minimum Gasteiger partial charge on any atom is -0.369 e. The van der Waals surface area contributed by atoms with Gasteiger partial charge in [-0.05, 0) is 59.9 Å². The first-order valence-electron chi connectivity index (χ1n) is 11.1. The topological polar surface area (TPSA) is 76.5 Å². The summed E-state index contributed by atoms with van der Waals surface area (Å²) in [4.78, 5) is 24.1. The molecule has 0 saturated heterocycles. The molecule has 6 nitrogen and oxygen atoms in total. The second kappa shape index (κ2) is 9.49. The Balaban J connectivity index is 1.34. The van der Waals surface area contributed by atoms with E-state index >= 15 is 0 Å². The summed E-state index contributed by atoms with van der Waals surface area (Å²) in [6, 6.07) is 19.1. The first-order chi connectivity index (χ1) is 16.5. The van der Waals surface area contributed by atoms with Crippen molar-refractivity contribution in [1.82, 2.24) is 14.5 Å². The summed E-state index contributed by atoms with van der Waals surface area (Å²) in [7, 11) is 0. The molecule has 0 fully saturated rings. The number of rotatable bonds is 4. The van der Waals surface area contributed by atoms with Crippen molar-refractivity contribution in [3.63, 3.8) is 0 Å². The first kappa shape index (κ1) is 22.4. The maximum atomic E-state index is 13.0. The predicted octanol–water partition coefficient (Wildman–Crippen LogP) is 4.95. The number of halogens is 2. The number of nitrogens with two attached hydrogens (primary N) is 1. The smallest absolute Gasteiger partial charge is 0.261 e. The number of benzene rings is 3. The van der Waals surface area contributed by atoms with Crippen molar-refractivity contribution >= 4 is 45.8 Å². The van der Waals surface area contributed by atoms with E-state index in [2.05, 4.69) is 33.1 Å². The van der Waals surface area contributed by atoms with Crippen molar-refractivity contribution in [2.24, 2.45) is 10.7 Å². The molecule has 4 aromatic rings. The van der Waals surface area contributed by atoms with Crippen molar-refractivity contribution < 1.29 is 0 Å². The quantitative estimate of drug-likeness (QED) is 0.323. The van der Waals surface area contributed by atoms with Gasteiger partial charge in [-0.25, -0.2) is 9.98 Å². The Labute approximate surface area is 207 Å². The molecule has 0 unspecified atom stereocenters.